The minimum absolute atomic E-state index is 0.136. The highest BCUT2D eigenvalue weighted by atomic mass is 32.1. The van der Waals surface area contributed by atoms with Gasteiger partial charge in [0.2, 0.25) is 5.78 Å². The van der Waals surface area contributed by atoms with E-state index < -0.39 is 0 Å². The van der Waals surface area contributed by atoms with Gasteiger partial charge in [0.25, 0.3) is 0 Å². The predicted octanol–water partition coefficient (Wildman–Crippen LogP) is 0.389. The second kappa shape index (κ2) is 7.52. The molecule has 1 aromatic rings. The summed E-state index contributed by atoms with van der Waals surface area (Å²) in [5.74, 6) is -0.324. The first-order valence-electron chi connectivity index (χ1n) is 8.03. The van der Waals surface area contributed by atoms with Crippen molar-refractivity contribution in [1.82, 2.24) is 20.1 Å². The molecule has 1 aliphatic heterocycles. The Morgan fingerprint density at radius 3 is 2.79 bits per heavy atom. The van der Waals surface area contributed by atoms with E-state index in [4.69, 9.17) is 4.74 Å². The van der Waals surface area contributed by atoms with E-state index in [1.165, 1.54) is 17.4 Å². The highest BCUT2D eigenvalue weighted by molar-refractivity contribution is 7.14. The number of Topliss-reactive ketones (excluding diaryl/α,β-unsaturated/α-hetero) is 1. The standard InChI is InChI=1S/C16H22N4O3S/c1-19(2)4-3-17-11-9-12(21)16-14(15(11)22)18-13(24-16)10-20-5-7-23-8-6-20/h9,17H,3-8,10H2,1-2H3. The third-order valence-corrected chi connectivity index (χ3v) is 5.02. The highest BCUT2D eigenvalue weighted by Gasteiger charge is 2.30. The third-order valence-electron chi connectivity index (χ3n) is 3.97. The second-order valence-electron chi connectivity index (χ2n) is 6.16. The van der Waals surface area contributed by atoms with Crippen LogP contribution >= 0.6 is 11.3 Å². The zero-order chi connectivity index (χ0) is 17.1. The van der Waals surface area contributed by atoms with Crippen LogP contribution in [0.4, 0.5) is 0 Å². The molecule has 0 aromatic carbocycles. The Bertz CT molecular complexity index is 662. The molecule has 1 aromatic heterocycles. The predicted molar refractivity (Wildman–Crippen MR) is 91.5 cm³/mol. The molecule has 0 amide bonds. The summed E-state index contributed by atoms with van der Waals surface area (Å²) < 4.78 is 5.33. The Kier molecular flexibility index (Phi) is 5.40. The molecule has 0 unspecified atom stereocenters. The number of ketones is 2. The fraction of sp³-hybridized carbons (Fsp3) is 0.562. The zero-order valence-electron chi connectivity index (χ0n) is 14.0. The summed E-state index contributed by atoms with van der Waals surface area (Å²) in [6.45, 7) is 5.17. The number of hydrogen-bond acceptors (Lipinski definition) is 8. The second-order valence-corrected chi connectivity index (χ2v) is 7.24. The maximum Gasteiger partial charge on any atom is 0.228 e. The fourth-order valence-corrected chi connectivity index (χ4v) is 3.65. The number of nitrogens with one attached hydrogen (secondary N) is 1. The van der Waals surface area contributed by atoms with Gasteiger partial charge in [-0.05, 0) is 14.1 Å². The average molecular weight is 350 g/mol. The molecule has 0 spiro atoms. The van der Waals surface area contributed by atoms with Crippen LogP contribution in [0.2, 0.25) is 0 Å². The van der Waals surface area contributed by atoms with Gasteiger partial charge in [-0.2, -0.15) is 0 Å². The fourth-order valence-electron chi connectivity index (χ4n) is 2.64. The van der Waals surface area contributed by atoms with Gasteiger partial charge in [-0.25, -0.2) is 4.98 Å². The molecule has 0 radical (unpaired) electrons. The first kappa shape index (κ1) is 17.2. The Morgan fingerprint density at radius 1 is 1.33 bits per heavy atom. The van der Waals surface area contributed by atoms with E-state index in [0.717, 1.165) is 24.6 Å². The van der Waals surface area contributed by atoms with Crippen molar-refractivity contribution in [3.8, 4) is 0 Å². The lowest BCUT2D eigenvalue weighted by Gasteiger charge is -2.25. The van der Waals surface area contributed by atoms with Crippen molar-refractivity contribution in [2.45, 2.75) is 6.54 Å². The van der Waals surface area contributed by atoms with Crippen molar-refractivity contribution >= 4 is 22.9 Å². The molecule has 0 saturated carbocycles. The van der Waals surface area contributed by atoms with Crippen LogP contribution in [-0.4, -0.2) is 79.8 Å². The minimum Gasteiger partial charge on any atom is -0.380 e. The van der Waals surface area contributed by atoms with Crippen LogP contribution in [0.15, 0.2) is 11.8 Å². The molecular weight excluding hydrogens is 328 g/mol. The minimum atomic E-state index is -0.187. The van der Waals surface area contributed by atoms with Crippen LogP contribution < -0.4 is 5.32 Å². The first-order valence-corrected chi connectivity index (χ1v) is 8.85. The van der Waals surface area contributed by atoms with Gasteiger partial charge in [-0.1, -0.05) is 0 Å². The van der Waals surface area contributed by atoms with Gasteiger partial charge in [0.05, 0.1) is 25.5 Å². The molecule has 0 bridgehead atoms. The number of morpholine rings is 1. The van der Waals surface area contributed by atoms with E-state index in [9.17, 15) is 9.59 Å². The van der Waals surface area contributed by atoms with Gasteiger partial charge < -0.3 is 15.0 Å². The van der Waals surface area contributed by atoms with E-state index >= 15 is 0 Å². The molecule has 8 heteroatoms. The Hall–Kier alpha value is -1.61. The molecule has 1 fully saturated rings. The van der Waals surface area contributed by atoms with Crippen molar-refractivity contribution in [3.63, 3.8) is 0 Å². The van der Waals surface area contributed by atoms with Crippen molar-refractivity contribution < 1.29 is 14.3 Å². The molecule has 1 saturated heterocycles. The topological polar surface area (TPSA) is 74.8 Å². The maximum absolute atomic E-state index is 12.6. The van der Waals surface area contributed by atoms with Gasteiger partial charge in [0.15, 0.2) is 5.78 Å². The van der Waals surface area contributed by atoms with Crippen LogP contribution in [0.5, 0.6) is 0 Å². The molecule has 0 atom stereocenters. The summed E-state index contributed by atoms with van der Waals surface area (Å²) in [5, 5.41) is 3.86. The first-order chi connectivity index (χ1) is 11.5. The lowest BCUT2D eigenvalue weighted by atomic mass is 10.0. The summed E-state index contributed by atoms with van der Waals surface area (Å²) in [7, 11) is 3.92. The number of carbonyl (C=O) groups is 2. The van der Waals surface area contributed by atoms with Gasteiger partial charge in [0.1, 0.15) is 15.6 Å². The van der Waals surface area contributed by atoms with Gasteiger partial charge in [-0.15, -0.1) is 11.3 Å². The number of hydrogen-bond donors (Lipinski definition) is 1. The number of nitrogens with zero attached hydrogens (tertiary/aromatic N) is 3. The maximum atomic E-state index is 12.6. The number of aromatic nitrogens is 1. The van der Waals surface area contributed by atoms with Crippen LogP contribution in [-0.2, 0) is 11.3 Å². The van der Waals surface area contributed by atoms with Gasteiger partial charge in [-0.3, -0.25) is 14.5 Å². The number of thiazole rings is 1. The number of likely N-dealkylation sites (N-methyl/N-ethyl adjacent to an activating group) is 1. The number of fused-ring (bicyclic) bond motifs is 1. The zero-order valence-corrected chi connectivity index (χ0v) is 14.8. The molecule has 2 aliphatic rings. The Labute approximate surface area is 145 Å². The molecule has 130 valence electrons. The number of carbonyl (C=O) groups excluding carboxylic acids is 2. The van der Waals surface area contributed by atoms with Crippen molar-refractivity contribution in [2.75, 3.05) is 53.5 Å². The van der Waals surface area contributed by atoms with Crippen LogP contribution in [0.1, 0.15) is 25.2 Å². The average Bonchev–Trinajstić information content (AvgIpc) is 2.97. The highest BCUT2D eigenvalue weighted by Crippen LogP contribution is 2.26. The molecule has 3 rings (SSSR count). The quantitative estimate of drug-likeness (QED) is 0.795. The third kappa shape index (κ3) is 3.89. The number of ether oxygens (including phenoxy) is 1. The summed E-state index contributed by atoms with van der Waals surface area (Å²) in [4.78, 5) is 34.0. The molecule has 2 heterocycles. The monoisotopic (exact) mass is 350 g/mol. The van der Waals surface area contributed by atoms with E-state index in [1.807, 2.05) is 19.0 Å². The summed E-state index contributed by atoms with van der Waals surface area (Å²) in [6.07, 6.45) is 1.40. The molecule has 1 aliphatic carbocycles. The van der Waals surface area contributed by atoms with E-state index in [-0.39, 0.29) is 11.6 Å². The summed E-state index contributed by atoms with van der Waals surface area (Å²) in [6, 6.07) is 0. The van der Waals surface area contributed by atoms with E-state index in [1.54, 1.807) is 0 Å². The van der Waals surface area contributed by atoms with Crippen LogP contribution in [0.3, 0.4) is 0 Å². The van der Waals surface area contributed by atoms with Crippen molar-refractivity contribution in [2.24, 2.45) is 0 Å². The number of rotatable bonds is 6. The molecule has 1 N–H and O–H groups in total. The SMILES string of the molecule is CN(C)CCNC1=CC(=O)c2sc(CN3CCOCC3)nc2C1=O. The molecular formula is C16H22N4O3S. The van der Waals surface area contributed by atoms with Crippen molar-refractivity contribution in [3.05, 3.63) is 27.4 Å². The smallest absolute Gasteiger partial charge is 0.228 e. The molecule has 24 heavy (non-hydrogen) atoms. The normalized spacial score (nSPS) is 18.7. The Morgan fingerprint density at radius 2 is 2.08 bits per heavy atom. The molecule has 7 nitrogen and oxygen atoms in total. The van der Waals surface area contributed by atoms with Crippen molar-refractivity contribution in [1.29, 1.82) is 0 Å². The van der Waals surface area contributed by atoms with E-state index in [0.29, 0.717) is 42.6 Å². The van der Waals surface area contributed by atoms with Crippen LogP contribution in [0.25, 0.3) is 0 Å². The lowest BCUT2D eigenvalue weighted by molar-refractivity contribution is 0.0341. The summed E-state index contributed by atoms with van der Waals surface area (Å²) >= 11 is 1.33. The van der Waals surface area contributed by atoms with Crippen LogP contribution in [0, 0.1) is 0 Å². The van der Waals surface area contributed by atoms with Gasteiger partial charge >= 0.3 is 0 Å². The number of allylic oxidation sites excluding steroid dienone is 2. The lowest BCUT2D eigenvalue weighted by Crippen LogP contribution is -2.35. The largest absolute Gasteiger partial charge is 0.380 e. The van der Waals surface area contributed by atoms with Gasteiger partial charge in [0, 0.05) is 32.3 Å². The summed E-state index contributed by atoms with van der Waals surface area (Å²) in [5.41, 5.74) is 0.640. The van der Waals surface area contributed by atoms with E-state index in [2.05, 4.69) is 15.2 Å². The Balaban J connectivity index is 1.69.